The number of nitrogens with one attached hydrogen (secondary N) is 1. The van der Waals surface area contributed by atoms with E-state index in [2.05, 4.69) is 10.1 Å². The number of carbonyl (C=O) groups is 4. The molecule has 0 saturated carbocycles. The Labute approximate surface area is 112 Å². The van der Waals surface area contributed by atoms with Crippen molar-refractivity contribution >= 4 is 23.9 Å². The Morgan fingerprint density at radius 3 is 2.30 bits per heavy atom. The lowest BCUT2D eigenvalue weighted by molar-refractivity contribution is -0.170. The van der Waals surface area contributed by atoms with E-state index in [9.17, 15) is 19.2 Å². The minimum absolute atomic E-state index is 0.164. The summed E-state index contributed by atoms with van der Waals surface area (Å²) in [7, 11) is 0. The number of benzene rings is 1. The molecule has 2 aliphatic heterocycles. The fourth-order valence-corrected chi connectivity index (χ4v) is 1.92. The van der Waals surface area contributed by atoms with E-state index < -0.39 is 29.9 Å². The molecule has 0 aromatic heterocycles. The number of carbonyl (C=O) groups excluding carboxylic acids is 4. The van der Waals surface area contributed by atoms with Gasteiger partial charge in [0.1, 0.15) is 6.61 Å². The lowest BCUT2D eigenvalue weighted by Gasteiger charge is -2.14. The predicted octanol–water partition coefficient (Wildman–Crippen LogP) is -0.151. The van der Waals surface area contributed by atoms with E-state index in [-0.39, 0.29) is 17.7 Å². The summed E-state index contributed by atoms with van der Waals surface area (Å²) in [5.74, 6) is -2.38. The van der Waals surface area contributed by atoms with Crippen LogP contribution in [0.4, 0.5) is 4.79 Å². The van der Waals surface area contributed by atoms with Gasteiger partial charge in [0.05, 0.1) is 11.1 Å². The SMILES string of the molecule is O=C1N[C@H](C(=O)ON2C(=O)c3ccccc3C2=O)CO1. The van der Waals surface area contributed by atoms with E-state index in [1.165, 1.54) is 12.1 Å². The van der Waals surface area contributed by atoms with E-state index in [1.54, 1.807) is 12.1 Å². The number of nitrogens with zero attached hydrogens (tertiary/aromatic N) is 1. The molecule has 8 nitrogen and oxygen atoms in total. The van der Waals surface area contributed by atoms with Crippen LogP contribution in [0.15, 0.2) is 24.3 Å². The lowest BCUT2D eigenvalue weighted by Crippen LogP contribution is -2.42. The molecule has 1 fully saturated rings. The predicted molar refractivity (Wildman–Crippen MR) is 61.3 cm³/mol. The van der Waals surface area contributed by atoms with Crippen LogP contribution in [0.5, 0.6) is 0 Å². The van der Waals surface area contributed by atoms with Crippen LogP contribution in [-0.4, -0.2) is 41.6 Å². The van der Waals surface area contributed by atoms with Gasteiger partial charge in [0.25, 0.3) is 11.8 Å². The van der Waals surface area contributed by atoms with Crippen LogP contribution >= 0.6 is 0 Å². The monoisotopic (exact) mass is 276 g/mol. The molecule has 1 aromatic rings. The van der Waals surface area contributed by atoms with Crippen molar-refractivity contribution in [3.63, 3.8) is 0 Å². The molecule has 8 heteroatoms. The molecule has 1 aromatic carbocycles. The topological polar surface area (TPSA) is 102 Å². The number of rotatable bonds is 2. The van der Waals surface area contributed by atoms with Crippen LogP contribution in [0, 0.1) is 0 Å². The van der Waals surface area contributed by atoms with Crippen molar-refractivity contribution in [2.75, 3.05) is 6.61 Å². The number of alkyl carbamates (subject to hydrolysis) is 1. The second kappa shape index (κ2) is 4.34. The Morgan fingerprint density at radius 1 is 1.20 bits per heavy atom. The highest BCUT2D eigenvalue weighted by Crippen LogP contribution is 2.22. The summed E-state index contributed by atoms with van der Waals surface area (Å²) in [6.45, 7) is -0.208. The van der Waals surface area contributed by atoms with E-state index in [0.29, 0.717) is 5.06 Å². The summed E-state index contributed by atoms with van der Waals surface area (Å²) in [4.78, 5) is 51.2. The van der Waals surface area contributed by atoms with Crippen LogP contribution in [0.3, 0.4) is 0 Å². The van der Waals surface area contributed by atoms with Crippen molar-refractivity contribution < 1.29 is 28.8 Å². The molecular weight excluding hydrogens is 268 g/mol. The van der Waals surface area contributed by atoms with Crippen molar-refractivity contribution in [2.45, 2.75) is 6.04 Å². The number of hydrogen-bond acceptors (Lipinski definition) is 6. The largest absolute Gasteiger partial charge is 0.447 e. The number of cyclic esters (lactones) is 1. The summed E-state index contributed by atoms with van der Waals surface area (Å²) >= 11 is 0. The molecule has 102 valence electrons. The average Bonchev–Trinajstić information content (AvgIpc) is 2.98. The van der Waals surface area contributed by atoms with Gasteiger partial charge < -0.3 is 14.9 Å². The van der Waals surface area contributed by atoms with Gasteiger partial charge in [0, 0.05) is 0 Å². The first-order chi connectivity index (χ1) is 9.58. The van der Waals surface area contributed by atoms with Gasteiger partial charge in [-0.2, -0.15) is 0 Å². The maximum Gasteiger partial charge on any atom is 0.408 e. The second-order valence-electron chi connectivity index (χ2n) is 4.16. The number of hydroxylamine groups is 2. The average molecular weight is 276 g/mol. The Hall–Kier alpha value is -2.90. The quantitative estimate of drug-likeness (QED) is 0.753. The molecule has 3 rings (SSSR count). The van der Waals surface area contributed by atoms with Gasteiger partial charge in [-0.1, -0.05) is 17.2 Å². The Balaban J connectivity index is 1.77. The minimum atomic E-state index is -1.04. The van der Waals surface area contributed by atoms with Gasteiger partial charge in [-0.3, -0.25) is 9.59 Å². The summed E-state index contributed by atoms with van der Waals surface area (Å²) in [5.41, 5.74) is 0.328. The number of fused-ring (bicyclic) bond motifs is 1. The summed E-state index contributed by atoms with van der Waals surface area (Å²) in [6.07, 6.45) is -0.755. The maximum absolute atomic E-state index is 11.9. The normalized spacial score (nSPS) is 20.5. The molecule has 0 bridgehead atoms. The number of ether oxygens (including phenoxy) is 1. The molecular formula is C12H8N2O6. The van der Waals surface area contributed by atoms with Gasteiger partial charge in [0.2, 0.25) is 0 Å². The zero-order valence-electron chi connectivity index (χ0n) is 9.99. The Kier molecular flexibility index (Phi) is 2.63. The third-order valence-electron chi connectivity index (χ3n) is 2.90. The molecule has 2 heterocycles. The van der Waals surface area contributed by atoms with Crippen molar-refractivity contribution in [3.8, 4) is 0 Å². The summed E-state index contributed by atoms with van der Waals surface area (Å²) in [5, 5.41) is 2.58. The lowest BCUT2D eigenvalue weighted by atomic mass is 10.1. The minimum Gasteiger partial charge on any atom is -0.447 e. The molecule has 1 atom stereocenters. The number of amides is 3. The Bertz CT molecular complexity index is 606. The summed E-state index contributed by atoms with van der Waals surface area (Å²) < 4.78 is 4.53. The molecule has 2 aliphatic rings. The standard InChI is InChI=1S/C12H8N2O6/c15-9-6-3-1-2-4-7(6)10(16)14(9)20-11(17)8-5-19-12(18)13-8/h1-4,8H,5H2,(H,13,18)/t8-/m0/s1. The van der Waals surface area contributed by atoms with Gasteiger partial charge >= 0.3 is 12.1 Å². The van der Waals surface area contributed by atoms with E-state index in [4.69, 9.17) is 4.84 Å². The van der Waals surface area contributed by atoms with E-state index >= 15 is 0 Å². The molecule has 1 N–H and O–H groups in total. The van der Waals surface area contributed by atoms with Crippen LogP contribution in [0.1, 0.15) is 20.7 Å². The van der Waals surface area contributed by atoms with Gasteiger partial charge in [-0.05, 0) is 12.1 Å². The third-order valence-corrected chi connectivity index (χ3v) is 2.90. The zero-order valence-corrected chi connectivity index (χ0v) is 9.99. The van der Waals surface area contributed by atoms with Gasteiger partial charge in [-0.15, -0.1) is 0 Å². The first-order valence-corrected chi connectivity index (χ1v) is 5.71. The number of hydrogen-bond donors (Lipinski definition) is 1. The van der Waals surface area contributed by atoms with Crippen molar-refractivity contribution in [2.24, 2.45) is 0 Å². The van der Waals surface area contributed by atoms with Crippen molar-refractivity contribution in [1.82, 2.24) is 10.4 Å². The first-order valence-electron chi connectivity index (χ1n) is 5.71. The van der Waals surface area contributed by atoms with Crippen LogP contribution in [0.25, 0.3) is 0 Å². The highest BCUT2D eigenvalue weighted by molar-refractivity contribution is 6.20. The maximum atomic E-state index is 11.9. The number of imide groups is 1. The van der Waals surface area contributed by atoms with Crippen molar-refractivity contribution in [3.05, 3.63) is 35.4 Å². The smallest absolute Gasteiger partial charge is 0.408 e. The molecule has 20 heavy (non-hydrogen) atoms. The second-order valence-corrected chi connectivity index (χ2v) is 4.16. The molecule has 3 amide bonds. The van der Waals surface area contributed by atoms with Gasteiger partial charge in [-0.25, -0.2) is 9.59 Å². The van der Waals surface area contributed by atoms with Crippen LogP contribution in [0.2, 0.25) is 0 Å². The van der Waals surface area contributed by atoms with Gasteiger partial charge in [0.15, 0.2) is 6.04 Å². The van der Waals surface area contributed by atoms with Crippen LogP contribution < -0.4 is 5.32 Å². The summed E-state index contributed by atoms with van der Waals surface area (Å²) in [6, 6.07) is 5.08. The molecule has 0 radical (unpaired) electrons. The molecule has 1 saturated heterocycles. The van der Waals surface area contributed by atoms with E-state index in [1.807, 2.05) is 0 Å². The van der Waals surface area contributed by atoms with Crippen LogP contribution in [-0.2, 0) is 14.4 Å². The third kappa shape index (κ3) is 1.78. The van der Waals surface area contributed by atoms with E-state index in [0.717, 1.165) is 0 Å². The molecule has 0 unspecified atom stereocenters. The fraction of sp³-hybridized carbons (Fsp3) is 0.167. The zero-order chi connectivity index (χ0) is 14.3. The Morgan fingerprint density at radius 2 is 1.80 bits per heavy atom. The first kappa shape index (κ1) is 12.2. The fourth-order valence-electron chi connectivity index (χ4n) is 1.92. The molecule has 0 aliphatic carbocycles. The van der Waals surface area contributed by atoms with Crippen molar-refractivity contribution in [1.29, 1.82) is 0 Å². The highest BCUT2D eigenvalue weighted by atomic mass is 16.7. The molecule has 0 spiro atoms. The highest BCUT2D eigenvalue weighted by Gasteiger charge is 2.41.